The van der Waals surface area contributed by atoms with Crippen molar-refractivity contribution in [2.24, 2.45) is 29.6 Å². The predicted octanol–water partition coefficient (Wildman–Crippen LogP) is 2.85. The highest BCUT2D eigenvalue weighted by molar-refractivity contribution is 5.96. The number of carbonyl (C=O) groups is 1. The minimum atomic E-state index is 0.132. The van der Waals surface area contributed by atoms with E-state index in [0.29, 0.717) is 17.8 Å². The Morgan fingerprint density at radius 1 is 1.18 bits per heavy atom. The molecule has 1 aromatic heterocycles. The maximum atomic E-state index is 13.1. The molecule has 0 amide bonds. The molecule has 2 saturated carbocycles. The number of nitrogens with zero attached hydrogens (tertiary/aromatic N) is 2. The van der Waals surface area contributed by atoms with Gasteiger partial charge in [-0.05, 0) is 42.2 Å². The number of hydrogen-bond donors (Lipinski definition) is 0. The Hall–Kier alpha value is -2.10. The highest BCUT2D eigenvalue weighted by atomic mass is 16.5. The minimum Gasteiger partial charge on any atom is -0.497 e. The van der Waals surface area contributed by atoms with Gasteiger partial charge >= 0.3 is 0 Å². The smallest absolute Gasteiger partial charge is 0.237 e. The van der Waals surface area contributed by atoms with Crippen LogP contribution in [0.2, 0.25) is 0 Å². The van der Waals surface area contributed by atoms with Crippen molar-refractivity contribution < 1.29 is 9.53 Å². The molecule has 7 rings (SSSR count). The van der Waals surface area contributed by atoms with Crippen molar-refractivity contribution >= 4 is 16.9 Å². The molecule has 1 aromatic carbocycles. The van der Waals surface area contributed by atoms with E-state index in [1.807, 2.05) is 22.8 Å². The Morgan fingerprint density at radius 2 is 1.95 bits per heavy atom. The first-order valence-corrected chi connectivity index (χ1v) is 8.07. The average molecular weight is 292 g/mol. The molecule has 0 spiro atoms. The maximum absolute atomic E-state index is 13.1. The van der Waals surface area contributed by atoms with Gasteiger partial charge < -0.3 is 4.74 Å². The second kappa shape index (κ2) is 3.45. The quantitative estimate of drug-likeness (QED) is 0.759. The first-order valence-electron chi connectivity index (χ1n) is 8.07. The van der Waals surface area contributed by atoms with E-state index in [9.17, 15) is 4.79 Å². The van der Waals surface area contributed by atoms with Gasteiger partial charge in [0.2, 0.25) is 5.91 Å². The molecule has 2 heterocycles. The SMILES string of the molecule is COc1ccc2c(c1)nc1n2C(=O)[C@@H]2C3C=CC(C4CC43)C12. The van der Waals surface area contributed by atoms with Crippen molar-refractivity contribution in [1.29, 1.82) is 0 Å². The van der Waals surface area contributed by atoms with E-state index in [2.05, 4.69) is 12.2 Å². The van der Waals surface area contributed by atoms with Crippen molar-refractivity contribution in [1.82, 2.24) is 9.55 Å². The second-order valence-corrected chi connectivity index (χ2v) is 7.15. The standard InChI is InChI=1S/C18H16N2O2/c1-22-8-2-5-14-13(6-8)19-17-15-9-3-4-10(12-7-11(9)12)16(15)18(21)20(14)17/h2-6,9-12,15-16H,7H2,1H3/t9?,10?,11?,12?,15?,16-/m1/s1. The average Bonchev–Trinajstić information content (AvgIpc) is 3.22. The topological polar surface area (TPSA) is 44.1 Å². The van der Waals surface area contributed by atoms with Gasteiger partial charge in [0.05, 0.1) is 24.1 Å². The Bertz CT molecular complexity index is 881. The largest absolute Gasteiger partial charge is 0.497 e. The Morgan fingerprint density at radius 3 is 2.73 bits per heavy atom. The molecule has 2 aromatic rings. The first kappa shape index (κ1) is 11.5. The number of imidazole rings is 1. The zero-order chi connectivity index (χ0) is 14.6. The number of ether oxygens (including phenoxy) is 1. The molecular formula is C18H16N2O2. The Labute approximate surface area is 127 Å². The summed E-state index contributed by atoms with van der Waals surface area (Å²) in [6.07, 6.45) is 5.98. The Kier molecular flexibility index (Phi) is 1.80. The summed E-state index contributed by atoms with van der Waals surface area (Å²) in [5.41, 5.74) is 1.81. The van der Waals surface area contributed by atoms with Crippen molar-refractivity contribution in [2.75, 3.05) is 7.11 Å². The van der Waals surface area contributed by atoms with Crippen molar-refractivity contribution in [3.8, 4) is 5.75 Å². The highest BCUT2D eigenvalue weighted by Gasteiger charge is 2.64. The lowest BCUT2D eigenvalue weighted by Gasteiger charge is -2.39. The molecule has 22 heavy (non-hydrogen) atoms. The van der Waals surface area contributed by atoms with Crippen LogP contribution in [0.25, 0.3) is 11.0 Å². The van der Waals surface area contributed by atoms with Crippen LogP contribution in [0.4, 0.5) is 0 Å². The maximum Gasteiger partial charge on any atom is 0.237 e. The van der Waals surface area contributed by atoms with Crippen LogP contribution >= 0.6 is 0 Å². The van der Waals surface area contributed by atoms with Crippen LogP contribution in [0.1, 0.15) is 23.0 Å². The van der Waals surface area contributed by atoms with Gasteiger partial charge in [0.15, 0.2) is 0 Å². The van der Waals surface area contributed by atoms with Gasteiger partial charge in [0, 0.05) is 12.0 Å². The van der Waals surface area contributed by atoms with Gasteiger partial charge in [-0.1, -0.05) is 12.2 Å². The van der Waals surface area contributed by atoms with Crippen LogP contribution < -0.4 is 4.74 Å². The molecule has 2 bridgehead atoms. The number of rotatable bonds is 1. The Balaban J connectivity index is 1.60. The molecule has 1 aliphatic heterocycles. The van der Waals surface area contributed by atoms with Gasteiger partial charge in [0.1, 0.15) is 11.6 Å². The van der Waals surface area contributed by atoms with Crippen LogP contribution in [0.3, 0.4) is 0 Å². The van der Waals surface area contributed by atoms with Crippen LogP contribution in [0, 0.1) is 29.6 Å². The molecule has 2 fully saturated rings. The predicted molar refractivity (Wildman–Crippen MR) is 80.9 cm³/mol. The van der Waals surface area contributed by atoms with Crippen LogP contribution in [-0.2, 0) is 0 Å². The van der Waals surface area contributed by atoms with Crippen molar-refractivity contribution in [2.45, 2.75) is 12.3 Å². The summed E-state index contributed by atoms with van der Waals surface area (Å²) in [5.74, 6) is 4.99. The number of carbonyl (C=O) groups excluding carboxylic acids is 1. The fourth-order valence-corrected chi connectivity index (χ4v) is 5.37. The summed E-state index contributed by atoms with van der Waals surface area (Å²) >= 11 is 0. The molecule has 4 heteroatoms. The lowest BCUT2D eigenvalue weighted by atomic mass is 9.63. The van der Waals surface area contributed by atoms with Gasteiger partial charge in [-0.3, -0.25) is 9.36 Å². The number of fused-ring (bicyclic) bond motifs is 3. The molecule has 0 saturated heterocycles. The highest BCUT2D eigenvalue weighted by Crippen LogP contribution is 2.67. The number of benzene rings is 1. The summed E-state index contributed by atoms with van der Waals surface area (Å²) < 4.78 is 7.18. The summed E-state index contributed by atoms with van der Waals surface area (Å²) in [7, 11) is 1.66. The summed E-state index contributed by atoms with van der Waals surface area (Å²) in [6, 6.07) is 5.81. The molecular weight excluding hydrogens is 276 g/mol. The van der Waals surface area contributed by atoms with E-state index in [1.165, 1.54) is 6.42 Å². The molecule has 6 atom stereocenters. The molecule has 5 aliphatic rings. The number of methoxy groups -OCH3 is 1. The fraction of sp³-hybridized carbons (Fsp3) is 0.444. The van der Waals surface area contributed by atoms with Gasteiger partial charge in [-0.2, -0.15) is 0 Å². The zero-order valence-electron chi connectivity index (χ0n) is 12.3. The zero-order valence-corrected chi connectivity index (χ0v) is 12.3. The monoisotopic (exact) mass is 292 g/mol. The molecule has 4 aliphatic carbocycles. The lowest BCUT2D eigenvalue weighted by molar-refractivity contribution is 0.0747. The molecule has 0 N–H and O–H groups in total. The van der Waals surface area contributed by atoms with E-state index >= 15 is 0 Å². The normalized spacial score (nSPS) is 39.8. The third kappa shape index (κ3) is 1.11. The van der Waals surface area contributed by atoms with Crippen LogP contribution in [0.15, 0.2) is 30.4 Å². The van der Waals surface area contributed by atoms with E-state index in [4.69, 9.17) is 9.72 Å². The summed E-state index contributed by atoms with van der Waals surface area (Å²) in [6.45, 7) is 0. The van der Waals surface area contributed by atoms with E-state index in [-0.39, 0.29) is 11.8 Å². The molecule has 5 unspecified atom stereocenters. The van der Waals surface area contributed by atoms with Gasteiger partial charge in [0.25, 0.3) is 0 Å². The van der Waals surface area contributed by atoms with E-state index in [0.717, 1.165) is 34.4 Å². The molecule has 4 nitrogen and oxygen atoms in total. The second-order valence-electron chi connectivity index (χ2n) is 7.15. The summed E-state index contributed by atoms with van der Waals surface area (Å²) in [4.78, 5) is 17.9. The van der Waals surface area contributed by atoms with Crippen molar-refractivity contribution in [3.05, 3.63) is 36.2 Å². The van der Waals surface area contributed by atoms with E-state index in [1.54, 1.807) is 7.11 Å². The molecule has 0 radical (unpaired) electrons. The minimum absolute atomic E-state index is 0.132. The van der Waals surface area contributed by atoms with Gasteiger partial charge in [-0.15, -0.1) is 0 Å². The third-order valence-electron chi connectivity index (χ3n) is 6.34. The lowest BCUT2D eigenvalue weighted by Crippen LogP contribution is -2.38. The number of aromatic nitrogens is 2. The molecule has 110 valence electrons. The first-order chi connectivity index (χ1) is 10.8. The van der Waals surface area contributed by atoms with Crippen LogP contribution in [-0.4, -0.2) is 22.6 Å². The van der Waals surface area contributed by atoms with Crippen LogP contribution in [0.5, 0.6) is 5.75 Å². The van der Waals surface area contributed by atoms with E-state index < -0.39 is 0 Å². The fourth-order valence-electron chi connectivity index (χ4n) is 5.37. The third-order valence-corrected chi connectivity index (χ3v) is 6.34. The summed E-state index contributed by atoms with van der Waals surface area (Å²) in [5, 5.41) is 0. The number of hydrogen-bond acceptors (Lipinski definition) is 3. The van der Waals surface area contributed by atoms with Gasteiger partial charge in [-0.25, -0.2) is 4.98 Å². The number of allylic oxidation sites excluding steroid dienone is 2. The van der Waals surface area contributed by atoms with Crippen molar-refractivity contribution in [3.63, 3.8) is 0 Å².